The zero-order chi connectivity index (χ0) is 15.2. The van der Waals surface area contributed by atoms with Gasteiger partial charge in [0.2, 0.25) is 0 Å². The maximum Gasteiger partial charge on any atom is 0.256 e. The second kappa shape index (κ2) is 7.75. The van der Waals surface area contributed by atoms with Crippen LogP contribution < -0.4 is 10.6 Å². The fourth-order valence-corrected chi connectivity index (χ4v) is 3.54. The van der Waals surface area contributed by atoms with Crippen LogP contribution >= 0.6 is 11.5 Å². The Morgan fingerprint density at radius 1 is 1.43 bits per heavy atom. The van der Waals surface area contributed by atoms with Crippen molar-refractivity contribution in [3.63, 3.8) is 0 Å². The lowest BCUT2D eigenvalue weighted by Crippen LogP contribution is -2.32. The van der Waals surface area contributed by atoms with Gasteiger partial charge in [0.25, 0.3) is 5.91 Å². The summed E-state index contributed by atoms with van der Waals surface area (Å²) in [4.78, 5) is 12.2. The lowest BCUT2D eigenvalue weighted by atomic mass is 9.88. The Morgan fingerprint density at radius 2 is 2.19 bits per heavy atom. The highest BCUT2D eigenvalue weighted by Gasteiger charge is 2.22. The second-order valence-corrected chi connectivity index (χ2v) is 6.42. The first kappa shape index (κ1) is 16.2. The number of aromatic nitrogens is 1. The summed E-state index contributed by atoms with van der Waals surface area (Å²) in [7, 11) is 1.80. The molecule has 1 aromatic rings. The van der Waals surface area contributed by atoms with Gasteiger partial charge in [0, 0.05) is 13.6 Å². The molecule has 0 unspecified atom stereocenters. The van der Waals surface area contributed by atoms with E-state index < -0.39 is 0 Å². The van der Waals surface area contributed by atoms with E-state index in [1.54, 1.807) is 7.05 Å². The van der Waals surface area contributed by atoms with Crippen molar-refractivity contribution in [2.24, 2.45) is 5.92 Å². The minimum atomic E-state index is -0.0779. The highest BCUT2D eigenvalue weighted by atomic mass is 32.1. The number of rotatable bonds is 6. The van der Waals surface area contributed by atoms with E-state index >= 15 is 0 Å². The van der Waals surface area contributed by atoms with Crippen LogP contribution in [0.3, 0.4) is 0 Å². The molecule has 118 valence electrons. The molecule has 2 rings (SSSR count). The van der Waals surface area contributed by atoms with Crippen molar-refractivity contribution in [2.75, 3.05) is 25.5 Å². The molecule has 0 aromatic carbocycles. The number of anilines is 1. The maximum absolute atomic E-state index is 12.2. The normalized spacial score (nSPS) is 22.0. The van der Waals surface area contributed by atoms with Crippen LogP contribution in [0.15, 0.2) is 0 Å². The van der Waals surface area contributed by atoms with Crippen LogP contribution in [0.2, 0.25) is 0 Å². The average Bonchev–Trinajstić information content (AvgIpc) is 2.86. The summed E-state index contributed by atoms with van der Waals surface area (Å²) >= 11 is 1.31. The van der Waals surface area contributed by atoms with Gasteiger partial charge in [0.15, 0.2) is 0 Å². The van der Waals surface area contributed by atoms with Gasteiger partial charge >= 0.3 is 0 Å². The van der Waals surface area contributed by atoms with Gasteiger partial charge in [-0.3, -0.25) is 4.79 Å². The minimum Gasteiger partial charge on any atom is -0.378 e. The molecule has 1 saturated carbocycles. The monoisotopic (exact) mass is 311 g/mol. The molecule has 2 atom stereocenters. The van der Waals surface area contributed by atoms with Gasteiger partial charge < -0.3 is 15.4 Å². The standard InChI is InChI=1S/C15H25N3O2S/c1-10-6-4-5-7-12(10)20-9-8-17-14(19)13-11(2)18-21-15(13)16-3/h10,12,16H,4-9H2,1-3H3,(H,17,19)/t10-,12-/m0/s1. The zero-order valence-electron chi connectivity index (χ0n) is 13.1. The van der Waals surface area contributed by atoms with E-state index in [4.69, 9.17) is 4.74 Å². The van der Waals surface area contributed by atoms with E-state index in [-0.39, 0.29) is 5.91 Å². The maximum atomic E-state index is 12.2. The Morgan fingerprint density at radius 3 is 2.90 bits per heavy atom. The summed E-state index contributed by atoms with van der Waals surface area (Å²) in [5, 5.41) is 6.74. The van der Waals surface area contributed by atoms with E-state index in [1.165, 1.54) is 30.8 Å². The zero-order valence-corrected chi connectivity index (χ0v) is 13.9. The SMILES string of the molecule is CNc1snc(C)c1C(=O)NCCO[C@H]1CCCC[C@@H]1C. The lowest BCUT2D eigenvalue weighted by molar-refractivity contribution is -0.00293. The number of carbonyl (C=O) groups excluding carboxylic acids is 1. The van der Waals surface area contributed by atoms with Crippen molar-refractivity contribution in [2.45, 2.75) is 45.6 Å². The molecule has 1 aliphatic rings. The van der Waals surface area contributed by atoms with Crippen LogP contribution in [0.25, 0.3) is 0 Å². The van der Waals surface area contributed by atoms with Crippen molar-refractivity contribution >= 4 is 22.4 Å². The van der Waals surface area contributed by atoms with Crippen molar-refractivity contribution in [1.82, 2.24) is 9.69 Å². The molecule has 1 aromatic heterocycles. The third-order valence-electron chi connectivity index (χ3n) is 4.07. The topological polar surface area (TPSA) is 63.2 Å². The molecule has 0 radical (unpaired) electrons. The van der Waals surface area contributed by atoms with E-state index in [0.717, 1.165) is 17.1 Å². The summed E-state index contributed by atoms with van der Waals surface area (Å²) in [6.07, 6.45) is 5.32. The van der Waals surface area contributed by atoms with Crippen LogP contribution in [0, 0.1) is 12.8 Å². The molecule has 1 amide bonds. The highest BCUT2D eigenvalue weighted by Crippen LogP contribution is 2.26. The van der Waals surface area contributed by atoms with Gasteiger partial charge in [-0.1, -0.05) is 19.8 Å². The molecule has 0 saturated heterocycles. The molecule has 1 fully saturated rings. The molecule has 0 bridgehead atoms. The number of hydrogen-bond acceptors (Lipinski definition) is 5. The molecule has 1 heterocycles. The van der Waals surface area contributed by atoms with Crippen LogP contribution in [-0.4, -0.2) is 36.6 Å². The number of nitrogens with one attached hydrogen (secondary N) is 2. The van der Waals surface area contributed by atoms with Crippen molar-refractivity contribution in [3.8, 4) is 0 Å². The summed E-state index contributed by atoms with van der Waals surface area (Å²) < 4.78 is 10.1. The Kier molecular flexibility index (Phi) is 5.99. The van der Waals surface area contributed by atoms with Gasteiger partial charge in [-0.15, -0.1) is 0 Å². The Labute approximate surface area is 130 Å². The molecule has 0 aliphatic heterocycles. The van der Waals surface area contributed by atoms with E-state index in [9.17, 15) is 4.79 Å². The fourth-order valence-electron chi connectivity index (χ4n) is 2.80. The third kappa shape index (κ3) is 4.17. The Balaban J connectivity index is 1.75. The van der Waals surface area contributed by atoms with Gasteiger partial charge in [0.1, 0.15) is 5.00 Å². The van der Waals surface area contributed by atoms with Crippen LogP contribution in [0.4, 0.5) is 5.00 Å². The molecule has 1 aliphatic carbocycles. The third-order valence-corrected chi connectivity index (χ3v) is 5.03. The first-order valence-corrected chi connectivity index (χ1v) is 8.44. The largest absolute Gasteiger partial charge is 0.378 e. The number of carbonyl (C=O) groups is 1. The summed E-state index contributed by atoms with van der Waals surface area (Å²) in [6.45, 7) is 5.22. The predicted octanol–water partition coefficient (Wildman–Crippen LogP) is 2.82. The predicted molar refractivity (Wildman–Crippen MR) is 86.1 cm³/mol. The van der Waals surface area contributed by atoms with Gasteiger partial charge in [0.05, 0.1) is 24.0 Å². The average molecular weight is 311 g/mol. The molecule has 5 nitrogen and oxygen atoms in total. The summed E-state index contributed by atoms with van der Waals surface area (Å²) in [5.74, 6) is 0.555. The van der Waals surface area contributed by atoms with Crippen molar-refractivity contribution in [3.05, 3.63) is 11.3 Å². The van der Waals surface area contributed by atoms with Crippen LogP contribution in [0.1, 0.15) is 48.7 Å². The van der Waals surface area contributed by atoms with E-state index in [1.807, 2.05) is 6.92 Å². The van der Waals surface area contributed by atoms with Gasteiger partial charge in [-0.25, -0.2) is 0 Å². The molecule has 21 heavy (non-hydrogen) atoms. The summed E-state index contributed by atoms with van der Waals surface area (Å²) in [5.41, 5.74) is 1.41. The second-order valence-electron chi connectivity index (χ2n) is 5.65. The minimum absolute atomic E-state index is 0.0779. The highest BCUT2D eigenvalue weighted by molar-refractivity contribution is 7.10. The number of nitrogens with zero attached hydrogens (tertiary/aromatic N) is 1. The molecular weight excluding hydrogens is 286 g/mol. The number of amides is 1. The smallest absolute Gasteiger partial charge is 0.256 e. The Hall–Kier alpha value is -1.14. The quantitative estimate of drug-likeness (QED) is 0.793. The molecule has 0 spiro atoms. The van der Waals surface area contributed by atoms with E-state index in [2.05, 4.69) is 21.9 Å². The molecule has 2 N–H and O–H groups in total. The number of aryl methyl sites for hydroxylation is 1. The number of hydrogen-bond donors (Lipinski definition) is 2. The molecular formula is C15H25N3O2S. The van der Waals surface area contributed by atoms with Crippen molar-refractivity contribution < 1.29 is 9.53 Å². The Bertz CT molecular complexity index is 475. The van der Waals surface area contributed by atoms with Crippen molar-refractivity contribution in [1.29, 1.82) is 0 Å². The lowest BCUT2D eigenvalue weighted by Gasteiger charge is -2.28. The van der Waals surface area contributed by atoms with Gasteiger partial charge in [-0.2, -0.15) is 4.37 Å². The molecule has 6 heteroatoms. The first-order valence-electron chi connectivity index (χ1n) is 7.67. The number of ether oxygens (including phenoxy) is 1. The summed E-state index contributed by atoms with van der Waals surface area (Å²) in [6, 6.07) is 0. The van der Waals surface area contributed by atoms with Crippen LogP contribution in [0.5, 0.6) is 0 Å². The van der Waals surface area contributed by atoms with E-state index in [0.29, 0.717) is 30.7 Å². The van der Waals surface area contributed by atoms with Gasteiger partial charge in [-0.05, 0) is 37.2 Å². The van der Waals surface area contributed by atoms with Crippen LogP contribution in [-0.2, 0) is 4.74 Å². The fraction of sp³-hybridized carbons (Fsp3) is 0.733. The first-order chi connectivity index (χ1) is 10.1.